The van der Waals surface area contributed by atoms with Crippen LogP contribution in [0.25, 0.3) is 0 Å². The summed E-state index contributed by atoms with van der Waals surface area (Å²) in [6.07, 6.45) is 5.96. The van der Waals surface area contributed by atoms with Crippen LogP contribution < -0.4 is 5.32 Å². The van der Waals surface area contributed by atoms with Crippen LogP contribution in [0.1, 0.15) is 45.1 Å². The molecule has 0 amide bonds. The van der Waals surface area contributed by atoms with Gasteiger partial charge < -0.3 is 10.1 Å². The van der Waals surface area contributed by atoms with Gasteiger partial charge >= 0.3 is 0 Å². The lowest BCUT2D eigenvalue weighted by Crippen LogP contribution is -2.55. The molecule has 2 nitrogen and oxygen atoms in total. The average Bonchev–Trinajstić information content (AvgIpc) is 2.50. The smallest absolute Gasteiger partial charge is 0.0834 e. The molecule has 0 heterocycles. The van der Waals surface area contributed by atoms with Gasteiger partial charge in [0, 0.05) is 16.7 Å². The van der Waals surface area contributed by atoms with Crippen molar-refractivity contribution in [3.05, 3.63) is 33.4 Å². The van der Waals surface area contributed by atoms with Gasteiger partial charge in [0.25, 0.3) is 0 Å². The zero-order valence-electron chi connectivity index (χ0n) is 13.5. The summed E-state index contributed by atoms with van der Waals surface area (Å²) in [7, 11) is 1.90. The molecule has 1 aliphatic carbocycles. The van der Waals surface area contributed by atoms with Crippen LogP contribution in [0, 0.1) is 9.49 Å². The van der Waals surface area contributed by atoms with Crippen LogP contribution in [-0.2, 0) is 11.2 Å². The normalized spacial score (nSPS) is 27.5. The SMILES string of the molecule is CCNC(Cc1ccc(I)cc1)C1(OC)CCC(C)CC1. The average molecular weight is 401 g/mol. The fourth-order valence-corrected chi connectivity index (χ4v) is 3.85. The highest BCUT2D eigenvalue weighted by molar-refractivity contribution is 14.1. The van der Waals surface area contributed by atoms with E-state index in [9.17, 15) is 0 Å². The van der Waals surface area contributed by atoms with E-state index in [0.717, 1.165) is 18.9 Å². The van der Waals surface area contributed by atoms with Crippen LogP contribution in [0.15, 0.2) is 24.3 Å². The predicted molar refractivity (Wildman–Crippen MR) is 97.7 cm³/mol. The lowest BCUT2D eigenvalue weighted by atomic mass is 9.73. The van der Waals surface area contributed by atoms with Gasteiger partial charge in [0.2, 0.25) is 0 Å². The van der Waals surface area contributed by atoms with Crippen molar-refractivity contribution in [1.29, 1.82) is 0 Å². The molecule has 0 bridgehead atoms. The molecular weight excluding hydrogens is 373 g/mol. The molecule has 1 aromatic rings. The van der Waals surface area contributed by atoms with Crippen molar-refractivity contribution in [1.82, 2.24) is 5.32 Å². The Morgan fingerprint density at radius 3 is 2.43 bits per heavy atom. The van der Waals surface area contributed by atoms with Crippen LogP contribution in [0.4, 0.5) is 0 Å². The van der Waals surface area contributed by atoms with Crippen LogP contribution in [0.3, 0.4) is 0 Å². The number of rotatable bonds is 6. The summed E-state index contributed by atoms with van der Waals surface area (Å²) in [5.74, 6) is 0.842. The van der Waals surface area contributed by atoms with Crippen molar-refractivity contribution in [2.75, 3.05) is 13.7 Å². The highest BCUT2D eigenvalue weighted by Crippen LogP contribution is 2.37. The first kappa shape index (κ1) is 17.2. The van der Waals surface area contributed by atoms with Gasteiger partial charge in [0.05, 0.1) is 5.60 Å². The number of likely N-dealkylation sites (N-methyl/N-ethyl adjacent to an activating group) is 1. The molecule has 1 atom stereocenters. The topological polar surface area (TPSA) is 21.3 Å². The van der Waals surface area contributed by atoms with E-state index in [0.29, 0.717) is 6.04 Å². The Hall–Kier alpha value is -0.130. The number of methoxy groups -OCH3 is 1. The van der Waals surface area contributed by atoms with E-state index in [1.54, 1.807) is 0 Å². The van der Waals surface area contributed by atoms with Crippen LogP contribution in [0.2, 0.25) is 0 Å². The van der Waals surface area contributed by atoms with Gasteiger partial charge in [0.15, 0.2) is 0 Å². The highest BCUT2D eigenvalue weighted by Gasteiger charge is 2.41. The molecule has 0 saturated heterocycles. The third-order valence-electron chi connectivity index (χ3n) is 4.97. The molecule has 2 rings (SSSR count). The molecule has 1 fully saturated rings. The third kappa shape index (κ3) is 4.42. The molecule has 1 aliphatic rings. The minimum atomic E-state index is 0.00547. The Labute approximate surface area is 143 Å². The van der Waals surface area contributed by atoms with Crippen molar-refractivity contribution < 1.29 is 4.74 Å². The second-order valence-corrected chi connectivity index (χ2v) is 7.64. The van der Waals surface area contributed by atoms with Gasteiger partial charge in [-0.05, 0) is 84.9 Å². The fourth-order valence-electron chi connectivity index (χ4n) is 3.49. The van der Waals surface area contributed by atoms with E-state index in [1.807, 2.05) is 7.11 Å². The number of benzene rings is 1. The molecule has 118 valence electrons. The monoisotopic (exact) mass is 401 g/mol. The molecule has 1 N–H and O–H groups in total. The number of nitrogens with one attached hydrogen (secondary N) is 1. The van der Waals surface area contributed by atoms with Gasteiger partial charge in [0.1, 0.15) is 0 Å². The van der Waals surface area contributed by atoms with Crippen molar-refractivity contribution in [2.24, 2.45) is 5.92 Å². The summed E-state index contributed by atoms with van der Waals surface area (Å²) in [6.45, 7) is 5.55. The largest absolute Gasteiger partial charge is 0.377 e. The zero-order valence-corrected chi connectivity index (χ0v) is 15.7. The molecular formula is C18H28INO. The van der Waals surface area contributed by atoms with E-state index in [4.69, 9.17) is 4.74 Å². The Bertz CT molecular complexity index is 423. The van der Waals surface area contributed by atoms with E-state index in [1.165, 1.54) is 34.8 Å². The van der Waals surface area contributed by atoms with Gasteiger partial charge in [-0.2, -0.15) is 0 Å². The molecule has 0 aromatic heterocycles. The van der Waals surface area contributed by atoms with Gasteiger partial charge in [-0.15, -0.1) is 0 Å². The summed E-state index contributed by atoms with van der Waals surface area (Å²) >= 11 is 2.36. The second kappa shape index (κ2) is 7.93. The second-order valence-electron chi connectivity index (χ2n) is 6.39. The summed E-state index contributed by atoms with van der Waals surface area (Å²) in [5, 5.41) is 3.70. The van der Waals surface area contributed by atoms with E-state index >= 15 is 0 Å². The number of ether oxygens (including phenoxy) is 1. The predicted octanol–water partition coefficient (Wildman–Crippen LogP) is 4.41. The Balaban J connectivity index is 2.14. The molecule has 0 spiro atoms. The summed E-state index contributed by atoms with van der Waals surface area (Å²) in [5.41, 5.74) is 1.40. The van der Waals surface area contributed by atoms with Gasteiger partial charge in [-0.3, -0.25) is 0 Å². The number of halogens is 1. The highest BCUT2D eigenvalue weighted by atomic mass is 127. The van der Waals surface area contributed by atoms with Crippen LogP contribution >= 0.6 is 22.6 Å². The van der Waals surface area contributed by atoms with Gasteiger partial charge in [-0.1, -0.05) is 26.0 Å². The fraction of sp³-hybridized carbons (Fsp3) is 0.667. The summed E-state index contributed by atoms with van der Waals surface area (Å²) in [4.78, 5) is 0. The maximum atomic E-state index is 6.07. The lowest BCUT2D eigenvalue weighted by Gasteiger charge is -2.44. The van der Waals surface area contributed by atoms with Crippen molar-refractivity contribution in [2.45, 2.75) is 57.6 Å². The van der Waals surface area contributed by atoms with Crippen molar-refractivity contribution in [3.8, 4) is 0 Å². The van der Waals surface area contributed by atoms with E-state index in [-0.39, 0.29) is 5.60 Å². The van der Waals surface area contributed by atoms with Gasteiger partial charge in [-0.25, -0.2) is 0 Å². The van der Waals surface area contributed by atoms with E-state index in [2.05, 4.69) is 66.0 Å². The molecule has 0 aliphatic heterocycles. The zero-order chi connectivity index (χ0) is 15.3. The third-order valence-corrected chi connectivity index (χ3v) is 5.68. The van der Waals surface area contributed by atoms with Crippen molar-refractivity contribution in [3.63, 3.8) is 0 Å². The van der Waals surface area contributed by atoms with E-state index < -0.39 is 0 Å². The standard InChI is InChI=1S/C18H28INO/c1-4-20-17(13-15-5-7-16(19)8-6-15)18(21-3)11-9-14(2)10-12-18/h5-8,14,17,20H,4,9-13H2,1-3H3. The molecule has 3 heteroatoms. The molecule has 1 unspecified atom stereocenters. The van der Waals surface area contributed by atoms with Crippen LogP contribution in [-0.4, -0.2) is 25.3 Å². The maximum Gasteiger partial charge on any atom is 0.0834 e. The minimum Gasteiger partial charge on any atom is -0.377 e. The quantitative estimate of drug-likeness (QED) is 0.714. The Morgan fingerprint density at radius 2 is 1.90 bits per heavy atom. The lowest BCUT2D eigenvalue weighted by molar-refractivity contribution is -0.0742. The number of hydrogen-bond acceptors (Lipinski definition) is 2. The van der Waals surface area contributed by atoms with Crippen molar-refractivity contribution >= 4 is 22.6 Å². The Morgan fingerprint density at radius 1 is 1.29 bits per heavy atom. The minimum absolute atomic E-state index is 0.00547. The van der Waals surface area contributed by atoms with Crippen LogP contribution in [0.5, 0.6) is 0 Å². The summed E-state index contributed by atoms with van der Waals surface area (Å²) in [6, 6.07) is 9.30. The first-order valence-corrected chi connectivity index (χ1v) is 9.20. The number of hydrogen-bond donors (Lipinski definition) is 1. The maximum absolute atomic E-state index is 6.07. The first-order valence-electron chi connectivity index (χ1n) is 8.12. The molecule has 1 saturated carbocycles. The molecule has 0 radical (unpaired) electrons. The molecule has 21 heavy (non-hydrogen) atoms. The first-order chi connectivity index (χ1) is 10.1. The Kier molecular flexibility index (Phi) is 6.51. The summed E-state index contributed by atoms with van der Waals surface area (Å²) < 4.78 is 7.37. The molecule has 1 aromatic carbocycles.